The van der Waals surface area contributed by atoms with E-state index in [1.54, 1.807) is 0 Å². The molecular formula is C11H16Mg. The fraction of sp³-hybridized carbons (Fsp3) is 0.273. The molecule has 0 saturated heterocycles. The largest absolute Gasteiger partial charge is 2.00 e. The zero-order valence-electron chi connectivity index (χ0n) is 8.09. The molecule has 0 N–H and O–H groups in total. The van der Waals surface area contributed by atoms with Crippen LogP contribution in [0.1, 0.15) is 19.4 Å². The summed E-state index contributed by atoms with van der Waals surface area (Å²) >= 11 is 0. The fourth-order valence-electron chi connectivity index (χ4n) is 0.478. The van der Waals surface area contributed by atoms with Gasteiger partial charge >= 0.3 is 23.1 Å². The Morgan fingerprint density at radius 1 is 1.08 bits per heavy atom. The molecule has 0 spiro atoms. The molecule has 1 heteroatoms. The summed E-state index contributed by atoms with van der Waals surface area (Å²) in [6.07, 6.45) is 0. The second-order valence-corrected chi connectivity index (χ2v) is 2.88. The second-order valence-electron chi connectivity index (χ2n) is 2.88. The van der Waals surface area contributed by atoms with Crippen LogP contribution in [0.15, 0.2) is 30.3 Å². The first-order valence-corrected chi connectivity index (χ1v) is 3.83. The van der Waals surface area contributed by atoms with E-state index < -0.39 is 0 Å². The van der Waals surface area contributed by atoms with Gasteiger partial charge in [0.1, 0.15) is 0 Å². The van der Waals surface area contributed by atoms with Gasteiger partial charge in [-0.2, -0.15) is 30.5 Å². The van der Waals surface area contributed by atoms with Crippen molar-refractivity contribution >= 4 is 23.1 Å². The maximum atomic E-state index is 3.72. The summed E-state index contributed by atoms with van der Waals surface area (Å²) in [6.45, 7) is 11.5. The third-order valence-electron chi connectivity index (χ3n) is 0.843. The van der Waals surface area contributed by atoms with E-state index in [4.69, 9.17) is 0 Å². The Labute approximate surface area is 92.5 Å². The van der Waals surface area contributed by atoms with Gasteiger partial charge in [0.25, 0.3) is 0 Å². The molecule has 0 aliphatic heterocycles. The van der Waals surface area contributed by atoms with Crippen LogP contribution in [0.2, 0.25) is 0 Å². The van der Waals surface area contributed by atoms with E-state index in [1.165, 1.54) is 0 Å². The van der Waals surface area contributed by atoms with Crippen molar-refractivity contribution in [2.45, 2.75) is 13.8 Å². The van der Waals surface area contributed by atoms with Crippen LogP contribution in [0.4, 0.5) is 0 Å². The van der Waals surface area contributed by atoms with Crippen LogP contribution in [0.5, 0.6) is 0 Å². The SMILES string of the molecule is [CH2-]C(C)C.[CH2-]c1ccccc1.[Mg+2]. The Kier molecular flexibility index (Phi) is 10.7. The van der Waals surface area contributed by atoms with Gasteiger partial charge in [0.05, 0.1) is 0 Å². The van der Waals surface area contributed by atoms with Crippen LogP contribution < -0.4 is 0 Å². The van der Waals surface area contributed by atoms with Crippen molar-refractivity contribution in [1.29, 1.82) is 0 Å². The van der Waals surface area contributed by atoms with Crippen molar-refractivity contribution in [3.05, 3.63) is 49.7 Å². The standard InChI is InChI=1S/C7H7.C4H9.Mg/c1-7-5-3-2-4-6-7;1-4(2)3;/h2-6H,1H2;4H,1H2,2-3H3;/q2*-1;+2. The van der Waals surface area contributed by atoms with Gasteiger partial charge < -0.3 is 6.92 Å². The van der Waals surface area contributed by atoms with Gasteiger partial charge in [0, 0.05) is 0 Å². The van der Waals surface area contributed by atoms with Crippen LogP contribution in [0, 0.1) is 19.8 Å². The Hall–Kier alpha value is -0.144. The van der Waals surface area contributed by atoms with E-state index in [9.17, 15) is 0 Å². The minimum absolute atomic E-state index is 0. The van der Waals surface area contributed by atoms with Gasteiger partial charge in [-0.05, 0) is 0 Å². The number of rotatable bonds is 0. The van der Waals surface area contributed by atoms with Crippen LogP contribution in [0.25, 0.3) is 0 Å². The van der Waals surface area contributed by atoms with E-state index in [0.717, 1.165) is 5.56 Å². The van der Waals surface area contributed by atoms with E-state index in [2.05, 4.69) is 27.7 Å². The van der Waals surface area contributed by atoms with Gasteiger partial charge in [-0.3, -0.25) is 0 Å². The van der Waals surface area contributed by atoms with Gasteiger partial charge in [0.2, 0.25) is 0 Å². The van der Waals surface area contributed by atoms with Gasteiger partial charge in [-0.1, -0.05) is 19.9 Å². The average molecular weight is 173 g/mol. The molecule has 0 fully saturated rings. The summed E-state index contributed by atoms with van der Waals surface area (Å²) in [5.41, 5.74) is 1.07. The molecule has 0 heterocycles. The Bertz CT molecular complexity index is 165. The molecule has 0 aromatic heterocycles. The minimum atomic E-state index is 0. The van der Waals surface area contributed by atoms with Crippen LogP contribution in [-0.4, -0.2) is 23.1 Å². The van der Waals surface area contributed by atoms with Crippen LogP contribution in [0.3, 0.4) is 0 Å². The Morgan fingerprint density at radius 3 is 1.58 bits per heavy atom. The summed E-state index contributed by atoms with van der Waals surface area (Å²) in [7, 11) is 0. The van der Waals surface area contributed by atoms with Gasteiger partial charge in [-0.25, -0.2) is 0 Å². The van der Waals surface area contributed by atoms with Crippen molar-refractivity contribution in [2.24, 2.45) is 5.92 Å². The average Bonchev–Trinajstić information content (AvgIpc) is 1.87. The maximum absolute atomic E-state index is 3.72. The monoisotopic (exact) mass is 172 g/mol. The number of hydrogen-bond acceptors (Lipinski definition) is 0. The van der Waals surface area contributed by atoms with Gasteiger partial charge in [-0.15, -0.1) is 12.1 Å². The molecule has 1 aromatic carbocycles. The predicted molar refractivity (Wildman–Crippen MR) is 56.9 cm³/mol. The number of hydrogen-bond donors (Lipinski definition) is 0. The van der Waals surface area contributed by atoms with Crippen LogP contribution >= 0.6 is 0 Å². The molecule has 0 aliphatic carbocycles. The molecule has 0 nitrogen and oxygen atoms in total. The topological polar surface area (TPSA) is 0 Å². The molecule has 1 rings (SSSR count). The smallest absolute Gasteiger partial charge is 0.341 e. The molecule has 62 valence electrons. The first-order chi connectivity index (χ1) is 5.13. The normalized spacial score (nSPS) is 8.00. The molecule has 0 amide bonds. The summed E-state index contributed by atoms with van der Waals surface area (Å²) in [4.78, 5) is 0. The van der Waals surface area contributed by atoms with Crippen molar-refractivity contribution in [1.82, 2.24) is 0 Å². The summed E-state index contributed by atoms with van der Waals surface area (Å²) in [5.74, 6) is 0.583. The molecule has 1 aromatic rings. The molecular weight excluding hydrogens is 156 g/mol. The van der Waals surface area contributed by atoms with Crippen LogP contribution in [-0.2, 0) is 0 Å². The van der Waals surface area contributed by atoms with Gasteiger partial charge in [0.15, 0.2) is 0 Å². The number of benzene rings is 1. The maximum Gasteiger partial charge on any atom is 2.00 e. The molecule has 0 atom stereocenters. The molecule has 12 heavy (non-hydrogen) atoms. The fourth-order valence-corrected chi connectivity index (χ4v) is 0.478. The van der Waals surface area contributed by atoms with Crippen molar-refractivity contribution in [2.75, 3.05) is 0 Å². The quantitative estimate of drug-likeness (QED) is 0.417. The third kappa shape index (κ3) is 12.5. The first-order valence-electron chi connectivity index (χ1n) is 3.83. The summed E-state index contributed by atoms with van der Waals surface area (Å²) in [5, 5.41) is 0. The first kappa shape index (κ1) is 14.4. The van der Waals surface area contributed by atoms with Crippen molar-refractivity contribution in [3.63, 3.8) is 0 Å². The molecule has 0 bridgehead atoms. The molecule has 0 aliphatic rings. The van der Waals surface area contributed by atoms with Crippen molar-refractivity contribution in [3.8, 4) is 0 Å². The van der Waals surface area contributed by atoms with E-state index in [1.807, 2.05) is 30.3 Å². The van der Waals surface area contributed by atoms with E-state index in [-0.39, 0.29) is 23.1 Å². The van der Waals surface area contributed by atoms with E-state index in [0.29, 0.717) is 5.92 Å². The zero-order valence-corrected chi connectivity index (χ0v) is 9.50. The second kappa shape index (κ2) is 8.95. The Balaban J connectivity index is 0. The molecule has 0 saturated carbocycles. The molecule has 0 unspecified atom stereocenters. The molecule has 0 radical (unpaired) electrons. The third-order valence-corrected chi connectivity index (χ3v) is 0.843. The van der Waals surface area contributed by atoms with E-state index >= 15 is 0 Å². The zero-order chi connectivity index (χ0) is 8.69. The predicted octanol–water partition coefficient (Wildman–Crippen LogP) is 2.96. The van der Waals surface area contributed by atoms with Crippen molar-refractivity contribution < 1.29 is 0 Å². The minimum Gasteiger partial charge on any atom is -0.341 e. The summed E-state index contributed by atoms with van der Waals surface area (Å²) in [6, 6.07) is 9.87. The Morgan fingerprint density at radius 2 is 1.42 bits per heavy atom. The summed E-state index contributed by atoms with van der Waals surface area (Å²) < 4.78 is 0.